The molecule has 0 saturated carbocycles. The molecule has 0 atom stereocenters. The van der Waals surface area contributed by atoms with Gasteiger partial charge >= 0.3 is 0 Å². The maximum Gasteiger partial charge on any atom is 0.0181 e. The number of rotatable bonds is 6. The lowest BCUT2D eigenvalue weighted by Gasteiger charge is -2.18. The lowest BCUT2D eigenvalue weighted by Crippen LogP contribution is -2.08. The molecule has 4 aromatic carbocycles. The van der Waals surface area contributed by atoms with Gasteiger partial charge in [0, 0.05) is 39.3 Å². The van der Waals surface area contributed by atoms with Gasteiger partial charge in [-0.25, -0.2) is 0 Å². The maximum absolute atomic E-state index is 6.04. The number of benzene rings is 4. The minimum Gasteiger partial charge on any atom is -0.326 e. The van der Waals surface area contributed by atoms with Gasteiger partial charge in [-0.15, -0.1) is 0 Å². The van der Waals surface area contributed by atoms with Gasteiger partial charge in [0.1, 0.15) is 0 Å². The van der Waals surface area contributed by atoms with Crippen LogP contribution in [-0.2, 0) is 39.3 Å². The summed E-state index contributed by atoms with van der Waals surface area (Å²) in [5, 5.41) is 6.82. The second-order valence-corrected chi connectivity index (χ2v) is 7.72. The van der Waals surface area contributed by atoms with E-state index in [1.807, 2.05) is 0 Å². The Bertz CT molecular complexity index is 979. The summed E-state index contributed by atoms with van der Waals surface area (Å²) >= 11 is 0. The Hall–Kier alpha value is -2.58. The molecule has 12 N–H and O–H groups in total. The molecule has 4 rings (SSSR count). The van der Waals surface area contributed by atoms with Crippen LogP contribution in [0.2, 0.25) is 0 Å². The molecule has 6 heteroatoms. The quantitative estimate of drug-likeness (QED) is 0.270. The van der Waals surface area contributed by atoms with E-state index in [-0.39, 0.29) is 0 Å². The number of fused-ring (bicyclic) bond motifs is 6. The average molecular weight is 403 g/mol. The van der Waals surface area contributed by atoms with E-state index in [9.17, 15) is 0 Å². The van der Waals surface area contributed by atoms with Gasteiger partial charge in [0.2, 0.25) is 0 Å². The Kier molecular flexibility index (Phi) is 5.71. The van der Waals surface area contributed by atoms with Crippen molar-refractivity contribution in [3.63, 3.8) is 0 Å². The summed E-state index contributed by atoms with van der Waals surface area (Å²) in [5.41, 5.74) is 42.6. The van der Waals surface area contributed by atoms with Crippen molar-refractivity contribution in [3.8, 4) is 0 Å². The Labute approximate surface area is 176 Å². The molecule has 4 aromatic rings. The molecular weight excluding hydrogens is 372 g/mol. The van der Waals surface area contributed by atoms with Crippen molar-refractivity contribution in [1.29, 1.82) is 0 Å². The van der Waals surface area contributed by atoms with E-state index in [1.165, 1.54) is 0 Å². The Morgan fingerprint density at radius 1 is 0.300 bits per heavy atom. The molecule has 30 heavy (non-hydrogen) atoms. The van der Waals surface area contributed by atoms with Crippen LogP contribution >= 0.6 is 0 Å². The SMILES string of the molecule is NCc1cc2c3cc(CN)c(CN)cc3c3cc(CN)c(CN)cc3c2cc1CN. The minimum atomic E-state index is 0.437. The molecule has 0 fully saturated rings. The molecule has 0 aromatic heterocycles. The highest BCUT2D eigenvalue weighted by atomic mass is 14.6. The molecule has 0 unspecified atom stereocenters. The van der Waals surface area contributed by atoms with Crippen LogP contribution in [-0.4, -0.2) is 0 Å². The molecule has 0 saturated heterocycles. The fourth-order valence-corrected chi connectivity index (χ4v) is 4.55. The molecule has 0 spiro atoms. The first-order valence-corrected chi connectivity index (χ1v) is 10.3. The molecule has 0 aliphatic rings. The van der Waals surface area contributed by atoms with E-state index in [4.69, 9.17) is 34.4 Å². The summed E-state index contributed by atoms with van der Waals surface area (Å²) in [5.74, 6) is 0. The van der Waals surface area contributed by atoms with Crippen LogP contribution in [0.3, 0.4) is 0 Å². The van der Waals surface area contributed by atoms with Crippen LogP contribution in [0.25, 0.3) is 32.3 Å². The Morgan fingerprint density at radius 3 is 0.533 bits per heavy atom. The van der Waals surface area contributed by atoms with Crippen molar-refractivity contribution in [3.05, 3.63) is 69.8 Å². The zero-order valence-corrected chi connectivity index (χ0v) is 17.2. The van der Waals surface area contributed by atoms with Crippen LogP contribution in [0.15, 0.2) is 36.4 Å². The molecule has 0 bridgehead atoms. The van der Waals surface area contributed by atoms with Gasteiger partial charge < -0.3 is 34.4 Å². The molecule has 0 aliphatic heterocycles. The molecular formula is C24H30N6. The highest BCUT2D eigenvalue weighted by Gasteiger charge is 2.15. The van der Waals surface area contributed by atoms with Crippen LogP contribution in [0.1, 0.15) is 33.4 Å². The molecule has 0 amide bonds. The monoisotopic (exact) mass is 402 g/mol. The lowest BCUT2D eigenvalue weighted by atomic mass is 9.87. The van der Waals surface area contributed by atoms with Gasteiger partial charge in [0.25, 0.3) is 0 Å². The fourth-order valence-electron chi connectivity index (χ4n) is 4.55. The van der Waals surface area contributed by atoms with Crippen LogP contribution in [0.5, 0.6) is 0 Å². The Morgan fingerprint density at radius 2 is 0.433 bits per heavy atom. The lowest BCUT2D eigenvalue weighted by molar-refractivity contribution is 0.982. The van der Waals surface area contributed by atoms with Crippen molar-refractivity contribution in [1.82, 2.24) is 0 Å². The normalized spacial score (nSPS) is 11.8. The highest BCUT2D eigenvalue weighted by Crippen LogP contribution is 2.39. The predicted molar refractivity (Wildman–Crippen MR) is 126 cm³/mol. The van der Waals surface area contributed by atoms with E-state index in [0.29, 0.717) is 39.3 Å². The number of nitrogens with two attached hydrogens (primary N) is 6. The third kappa shape index (κ3) is 3.15. The second kappa shape index (κ2) is 8.28. The highest BCUT2D eigenvalue weighted by molar-refractivity contribution is 6.26. The standard InChI is InChI=1S/C24H30N6/c25-7-13-1-19-20(2-14(13)8-26)22-5-17(11-29)18(12-30)6-24(22)23-4-16(10-28)15(9-27)3-21(19)23/h1-6H,7-12,25-30H2. The first-order valence-electron chi connectivity index (χ1n) is 10.3. The molecule has 0 aliphatic carbocycles. The van der Waals surface area contributed by atoms with Gasteiger partial charge in [0.15, 0.2) is 0 Å². The largest absolute Gasteiger partial charge is 0.326 e. The molecule has 0 heterocycles. The van der Waals surface area contributed by atoms with Crippen molar-refractivity contribution in [2.24, 2.45) is 34.4 Å². The van der Waals surface area contributed by atoms with Gasteiger partial charge in [-0.05, 0) is 102 Å². The maximum atomic E-state index is 6.04. The van der Waals surface area contributed by atoms with Crippen LogP contribution < -0.4 is 34.4 Å². The summed E-state index contributed by atoms with van der Waals surface area (Å²) in [4.78, 5) is 0. The molecule has 6 nitrogen and oxygen atoms in total. The third-order valence-electron chi connectivity index (χ3n) is 6.21. The summed E-state index contributed by atoms with van der Waals surface area (Å²) in [6.07, 6.45) is 0. The van der Waals surface area contributed by atoms with Crippen LogP contribution in [0, 0.1) is 0 Å². The van der Waals surface area contributed by atoms with E-state index >= 15 is 0 Å². The number of hydrogen-bond donors (Lipinski definition) is 6. The van der Waals surface area contributed by atoms with Gasteiger partial charge in [-0.1, -0.05) is 0 Å². The second-order valence-electron chi connectivity index (χ2n) is 7.72. The first-order chi connectivity index (χ1) is 14.6. The average Bonchev–Trinajstić information content (AvgIpc) is 2.81. The van der Waals surface area contributed by atoms with E-state index in [0.717, 1.165) is 65.7 Å². The van der Waals surface area contributed by atoms with Crippen molar-refractivity contribution < 1.29 is 0 Å². The molecule has 156 valence electrons. The summed E-state index contributed by atoms with van der Waals surface area (Å²) in [6.45, 7) is 2.62. The van der Waals surface area contributed by atoms with Crippen molar-refractivity contribution in [2.75, 3.05) is 0 Å². The van der Waals surface area contributed by atoms with Crippen LogP contribution in [0.4, 0.5) is 0 Å². The topological polar surface area (TPSA) is 156 Å². The third-order valence-corrected chi connectivity index (χ3v) is 6.21. The molecule has 0 radical (unpaired) electrons. The predicted octanol–water partition coefficient (Wildman–Crippen LogP) is 1.90. The van der Waals surface area contributed by atoms with Gasteiger partial charge in [-0.2, -0.15) is 0 Å². The zero-order valence-electron chi connectivity index (χ0n) is 17.2. The van der Waals surface area contributed by atoms with Gasteiger partial charge in [-0.3, -0.25) is 0 Å². The van der Waals surface area contributed by atoms with Gasteiger partial charge in [0.05, 0.1) is 0 Å². The van der Waals surface area contributed by atoms with Crippen molar-refractivity contribution >= 4 is 32.3 Å². The van der Waals surface area contributed by atoms with Crippen molar-refractivity contribution in [2.45, 2.75) is 39.3 Å². The first kappa shape index (κ1) is 20.7. The van der Waals surface area contributed by atoms with E-state index in [2.05, 4.69) is 36.4 Å². The van der Waals surface area contributed by atoms with E-state index in [1.54, 1.807) is 0 Å². The smallest absolute Gasteiger partial charge is 0.0181 e. The summed E-state index contributed by atoms with van der Waals surface area (Å²) in [6, 6.07) is 13.0. The Balaban J connectivity index is 2.29. The number of hydrogen-bond acceptors (Lipinski definition) is 6. The van der Waals surface area contributed by atoms with E-state index < -0.39 is 0 Å². The minimum absolute atomic E-state index is 0.437. The summed E-state index contributed by atoms with van der Waals surface area (Å²) in [7, 11) is 0. The summed E-state index contributed by atoms with van der Waals surface area (Å²) < 4.78 is 0. The zero-order chi connectivity index (χ0) is 21.4. The fraction of sp³-hybridized carbons (Fsp3) is 0.250.